The maximum atomic E-state index is 13.1. The van der Waals surface area contributed by atoms with E-state index in [9.17, 15) is 14.0 Å². The monoisotopic (exact) mass is 254 g/mol. The van der Waals surface area contributed by atoms with Crippen LogP contribution in [0.1, 0.15) is 19.4 Å². The molecule has 0 radical (unpaired) electrons. The van der Waals surface area contributed by atoms with Gasteiger partial charge < -0.3 is 15.7 Å². The van der Waals surface area contributed by atoms with Gasteiger partial charge in [0.05, 0.1) is 0 Å². The molecule has 0 aliphatic rings. The van der Waals surface area contributed by atoms with Crippen molar-refractivity contribution in [2.45, 2.75) is 26.3 Å². The van der Waals surface area contributed by atoms with Crippen LogP contribution in [0, 0.1) is 12.7 Å². The molecular weight excluding hydrogens is 239 g/mol. The van der Waals surface area contributed by atoms with E-state index in [2.05, 4.69) is 10.6 Å². The molecule has 3 N–H and O–H groups in total. The summed E-state index contributed by atoms with van der Waals surface area (Å²) in [5.41, 5.74) is -0.471. The zero-order chi connectivity index (χ0) is 13.9. The average Bonchev–Trinajstić information content (AvgIpc) is 2.13. The molecule has 98 valence electrons. The molecule has 0 heterocycles. The number of carboxylic acids is 1. The molecule has 0 saturated carbocycles. The molecule has 1 rings (SSSR count). The van der Waals surface area contributed by atoms with Gasteiger partial charge in [0.25, 0.3) is 0 Å². The highest BCUT2D eigenvalue weighted by Crippen LogP contribution is 2.13. The first-order chi connectivity index (χ1) is 8.20. The van der Waals surface area contributed by atoms with Crippen molar-refractivity contribution >= 4 is 17.7 Å². The van der Waals surface area contributed by atoms with Gasteiger partial charge in [-0.1, -0.05) is 0 Å². The van der Waals surface area contributed by atoms with Crippen LogP contribution in [0.4, 0.5) is 14.9 Å². The predicted molar refractivity (Wildman–Crippen MR) is 65.0 cm³/mol. The van der Waals surface area contributed by atoms with Gasteiger partial charge in [-0.15, -0.1) is 0 Å². The molecule has 0 saturated heterocycles. The molecule has 18 heavy (non-hydrogen) atoms. The quantitative estimate of drug-likeness (QED) is 0.773. The number of halogens is 1. The van der Waals surface area contributed by atoms with E-state index in [4.69, 9.17) is 5.11 Å². The van der Waals surface area contributed by atoms with Crippen LogP contribution >= 0.6 is 0 Å². The Morgan fingerprint density at radius 3 is 2.39 bits per heavy atom. The van der Waals surface area contributed by atoms with E-state index in [1.807, 2.05) is 0 Å². The summed E-state index contributed by atoms with van der Waals surface area (Å²) in [6, 6.07) is 3.36. The number of carbonyl (C=O) groups excluding carboxylic acids is 1. The van der Waals surface area contributed by atoms with Crippen LogP contribution in [0.3, 0.4) is 0 Å². The Bertz CT molecular complexity index is 466. The van der Waals surface area contributed by atoms with E-state index in [1.54, 1.807) is 13.0 Å². The number of aryl methyl sites for hydroxylation is 1. The number of rotatable bonds is 3. The zero-order valence-corrected chi connectivity index (χ0v) is 10.4. The second kappa shape index (κ2) is 5.03. The number of carbonyl (C=O) groups is 2. The van der Waals surface area contributed by atoms with Crippen molar-refractivity contribution in [2.75, 3.05) is 5.32 Å². The van der Waals surface area contributed by atoms with Crippen molar-refractivity contribution in [3.8, 4) is 0 Å². The average molecular weight is 254 g/mol. The number of carboxylic acid groups (broad SMARTS) is 1. The van der Waals surface area contributed by atoms with E-state index in [1.165, 1.54) is 19.9 Å². The molecule has 0 aliphatic carbocycles. The lowest BCUT2D eigenvalue weighted by atomic mass is 10.1. The fourth-order valence-corrected chi connectivity index (χ4v) is 1.31. The van der Waals surface area contributed by atoms with E-state index < -0.39 is 23.4 Å². The molecule has 1 aromatic carbocycles. The van der Waals surface area contributed by atoms with Crippen molar-refractivity contribution in [3.63, 3.8) is 0 Å². The summed E-state index contributed by atoms with van der Waals surface area (Å²) in [5, 5.41) is 13.5. The molecule has 0 bridgehead atoms. The van der Waals surface area contributed by atoms with E-state index in [0.29, 0.717) is 5.56 Å². The molecule has 0 atom stereocenters. The van der Waals surface area contributed by atoms with Crippen LogP contribution in [0.25, 0.3) is 0 Å². The van der Waals surface area contributed by atoms with E-state index in [0.717, 1.165) is 6.07 Å². The van der Waals surface area contributed by atoms with Gasteiger partial charge in [0, 0.05) is 5.69 Å². The topological polar surface area (TPSA) is 78.4 Å². The summed E-state index contributed by atoms with van der Waals surface area (Å²) in [4.78, 5) is 22.4. The maximum Gasteiger partial charge on any atom is 0.328 e. The summed E-state index contributed by atoms with van der Waals surface area (Å²) in [5.74, 6) is -1.63. The summed E-state index contributed by atoms with van der Waals surface area (Å²) < 4.78 is 13.1. The van der Waals surface area contributed by atoms with Crippen LogP contribution in [0.2, 0.25) is 0 Å². The predicted octanol–water partition coefficient (Wildman–Crippen LogP) is 2.12. The first-order valence-corrected chi connectivity index (χ1v) is 5.30. The van der Waals surface area contributed by atoms with Crippen LogP contribution < -0.4 is 10.6 Å². The van der Waals surface area contributed by atoms with Crippen molar-refractivity contribution in [1.29, 1.82) is 0 Å². The third-order valence-electron chi connectivity index (χ3n) is 2.26. The minimum atomic E-state index is -1.40. The van der Waals surface area contributed by atoms with Gasteiger partial charge in [-0.2, -0.15) is 0 Å². The first kappa shape index (κ1) is 14.0. The smallest absolute Gasteiger partial charge is 0.328 e. The largest absolute Gasteiger partial charge is 0.480 e. The number of nitrogens with one attached hydrogen (secondary N) is 2. The Morgan fingerprint density at radius 2 is 1.89 bits per heavy atom. The second-order valence-corrected chi connectivity index (χ2v) is 4.53. The molecular formula is C12H15FN2O3. The van der Waals surface area contributed by atoms with Crippen LogP contribution in [0.15, 0.2) is 18.2 Å². The lowest BCUT2D eigenvalue weighted by Gasteiger charge is -2.21. The van der Waals surface area contributed by atoms with Crippen molar-refractivity contribution in [2.24, 2.45) is 0 Å². The Balaban J connectivity index is 2.73. The maximum absolute atomic E-state index is 13.1. The Kier molecular flexibility index (Phi) is 3.90. The summed E-state index contributed by atoms with van der Waals surface area (Å²) >= 11 is 0. The van der Waals surface area contributed by atoms with E-state index in [-0.39, 0.29) is 5.69 Å². The summed E-state index contributed by atoms with van der Waals surface area (Å²) in [6.45, 7) is 4.39. The van der Waals surface area contributed by atoms with Crippen molar-refractivity contribution in [1.82, 2.24) is 5.32 Å². The molecule has 0 unspecified atom stereocenters. The standard InChI is InChI=1S/C12H15FN2O3/c1-7-4-8(13)6-9(5-7)14-11(18)15-12(2,3)10(16)17/h4-6H,1-3H3,(H,16,17)(H2,14,15,18). The SMILES string of the molecule is Cc1cc(F)cc(NC(=O)NC(C)(C)C(=O)O)c1. The highest BCUT2D eigenvalue weighted by molar-refractivity contribution is 5.93. The lowest BCUT2D eigenvalue weighted by molar-refractivity contribution is -0.142. The minimum Gasteiger partial charge on any atom is -0.480 e. The van der Waals surface area contributed by atoms with Gasteiger partial charge in [0.15, 0.2) is 0 Å². The summed E-state index contributed by atoms with van der Waals surface area (Å²) in [7, 11) is 0. The number of benzene rings is 1. The highest BCUT2D eigenvalue weighted by Gasteiger charge is 2.28. The van der Waals surface area contributed by atoms with Gasteiger partial charge >= 0.3 is 12.0 Å². The lowest BCUT2D eigenvalue weighted by Crippen LogP contribution is -2.51. The Hall–Kier alpha value is -2.11. The Morgan fingerprint density at radius 1 is 1.28 bits per heavy atom. The molecule has 6 heteroatoms. The fourth-order valence-electron chi connectivity index (χ4n) is 1.31. The second-order valence-electron chi connectivity index (χ2n) is 4.53. The van der Waals surface area contributed by atoms with Gasteiger partial charge in [0.2, 0.25) is 0 Å². The normalized spacial score (nSPS) is 10.9. The van der Waals surface area contributed by atoms with Gasteiger partial charge in [-0.25, -0.2) is 14.0 Å². The molecule has 0 aliphatic heterocycles. The van der Waals surface area contributed by atoms with Gasteiger partial charge in [-0.3, -0.25) is 0 Å². The number of hydrogen-bond acceptors (Lipinski definition) is 2. The van der Waals surface area contributed by atoms with Crippen molar-refractivity contribution < 1.29 is 19.1 Å². The van der Waals surface area contributed by atoms with E-state index >= 15 is 0 Å². The van der Waals surface area contributed by atoms with Crippen LogP contribution in [-0.2, 0) is 4.79 Å². The zero-order valence-electron chi connectivity index (χ0n) is 10.4. The molecule has 5 nitrogen and oxygen atoms in total. The molecule has 0 fully saturated rings. The molecule has 2 amide bonds. The third kappa shape index (κ3) is 3.73. The molecule has 1 aromatic rings. The molecule has 0 spiro atoms. The number of hydrogen-bond donors (Lipinski definition) is 3. The molecule has 0 aromatic heterocycles. The Labute approximate surface area is 104 Å². The highest BCUT2D eigenvalue weighted by atomic mass is 19.1. The fraction of sp³-hybridized carbons (Fsp3) is 0.333. The van der Waals surface area contributed by atoms with Crippen molar-refractivity contribution in [3.05, 3.63) is 29.6 Å². The number of anilines is 1. The summed E-state index contributed by atoms with van der Waals surface area (Å²) in [6.07, 6.45) is 0. The van der Waals surface area contributed by atoms with Gasteiger partial charge in [0.1, 0.15) is 11.4 Å². The number of urea groups is 1. The van der Waals surface area contributed by atoms with Gasteiger partial charge in [-0.05, 0) is 44.5 Å². The van der Waals surface area contributed by atoms with Crippen LogP contribution in [-0.4, -0.2) is 22.6 Å². The number of aliphatic carboxylic acids is 1. The minimum absolute atomic E-state index is 0.270. The first-order valence-electron chi connectivity index (χ1n) is 5.30. The third-order valence-corrected chi connectivity index (χ3v) is 2.26. The van der Waals surface area contributed by atoms with Crippen LogP contribution in [0.5, 0.6) is 0 Å². The number of amides is 2.